The third-order valence-corrected chi connectivity index (χ3v) is 8.80. The van der Waals surface area contributed by atoms with Crippen molar-refractivity contribution in [1.82, 2.24) is 0 Å². The number of nitrogens with zero attached hydrogens (tertiary/aromatic N) is 1. The van der Waals surface area contributed by atoms with Crippen LogP contribution in [0.3, 0.4) is 0 Å². The van der Waals surface area contributed by atoms with Crippen molar-refractivity contribution in [2.24, 2.45) is 0 Å². The highest BCUT2D eigenvalue weighted by molar-refractivity contribution is 5.77. The molecule has 0 bridgehead atoms. The van der Waals surface area contributed by atoms with Crippen LogP contribution in [0.5, 0.6) is 0 Å². The molecule has 0 spiro atoms. The molecule has 0 aliphatic carbocycles. The number of aliphatic carboxylic acids is 3. The Morgan fingerprint density at radius 1 is 0.561 bits per heavy atom. The van der Waals surface area contributed by atoms with E-state index in [1.165, 1.54) is 70.6 Å². The normalized spacial score (nSPS) is 15.4. The van der Waals surface area contributed by atoms with Crippen LogP contribution >= 0.6 is 0 Å². The van der Waals surface area contributed by atoms with E-state index in [0.29, 0.717) is 6.42 Å². The minimum Gasteiger partial charge on any atom is -0.544 e. The summed E-state index contributed by atoms with van der Waals surface area (Å²) < 4.78 is -0.472. The molecule has 0 aromatic rings. The summed E-state index contributed by atoms with van der Waals surface area (Å²) in [4.78, 5) is 36.6. The maximum atomic E-state index is 12.2. The van der Waals surface area contributed by atoms with E-state index in [4.69, 9.17) is 0 Å². The van der Waals surface area contributed by atoms with Crippen molar-refractivity contribution < 1.29 is 34.2 Å². The number of quaternary nitrogens is 1. The molecule has 0 saturated carbocycles. The second-order valence-corrected chi connectivity index (χ2v) is 11.8. The zero-order valence-electron chi connectivity index (χ0n) is 26.9. The third kappa shape index (κ3) is 15.2. The summed E-state index contributed by atoms with van der Waals surface area (Å²) in [6.07, 6.45) is 26.7. The predicted octanol–water partition coefficient (Wildman–Crippen LogP) is 7.66. The molecule has 0 aliphatic heterocycles. The van der Waals surface area contributed by atoms with E-state index in [1.807, 2.05) is 0 Å². The van der Waals surface area contributed by atoms with Gasteiger partial charge in [-0.15, -0.1) is 0 Å². The van der Waals surface area contributed by atoms with Gasteiger partial charge in [-0.05, 0) is 38.5 Å². The summed E-state index contributed by atoms with van der Waals surface area (Å²) in [7, 11) is 0. The fourth-order valence-electron chi connectivity index (χ4n) is 6.60. The molecule has 7 nitrogen and oxygen atoms in total. The molecule has 0 saturated heterocycles. The van der Waals surface area contributed by atoms with E-state index in [-0.39, 0.29) is 25.8 Å². The third-order valence-electron chi connectivity index (χ3n) is 8.80. The molecule has 0 amide bonds. The van der Waals surface area contributed by atoms with E-state index in [2.05, 4.69) is 19.1 Å². The van der Waals surface area contributed by atoms with Crippen LogP contribution in [-0.2, 0) is 14.4 Å². The number of rotatable bonds is 29. The Morgan fingerprint density at radius 2 is 0.902 bits per heavy atom. The minimum atomic E-state index is -1.37. The van der Waals surface area contributed by atoms with Gasteiger partial charge in [0.1, 0.15) is 6.04 Å². The molecule has 2 N–H and O–H groups in total. The van der Waals surface area contributed by atoms with E-state index in [0.717, 1.165) is 38.5 Å². The molecule has 41 heavy (non-hydrogen) atoms. The van der Waals surface area contributed by atoms with Gasteiger partial charge in [0, 0.05) is 19.3 Å². The Morgan fingerprint density at radius 3 is 1.22 bits per heavy atom. The lowest BCUT2D eigenvalue weighted by molar-refractivity contribution is -0.974. The average Bonchev–Trinajstić information content (AvgIpc) is 2.92. The monoisotopic (exact) mass is 581 g/mol. The maximum Gasteiger partial charge on any atom is 0.362 e. The van der Waals surface area contributed by atoms with Gasteiger partial charge >= 0.3 is 11.9 Å². The topological polar surface area (TPSA) is 115 Å². The number of allylic oxidation sites excluding steroid dienone is 2. The van der Waals surface area contributed by atoms with Crippen molar-refractivity contribution >= 4 is 17.9 Å². The molecular weight excluding hydrogens is 518 g/mol. The first-order chi connectivity index (χ1) is 19.7. The zero-order chi connectivity index (χ0) is 30.9. The predicted molar refractivity (Wildman–Crippen MR) is 166 cm³/mol. The van der Waals surface area contributed by atoms with Gasteiger partial charge in [0.15, 0.2) is 12.1 Å². The first-order valence-electron chi connectivity index (χ1n) is 16.9. The molecule has 7 heteroatoms. The zero-order valence-corrected chi connectivity index (χ0v) is 26.9. The summed E-state index contributed by atoms with van der Waals surface area (Å²) in [5, 5.41) is 32.2. The standard InChI is InChI=1S/C34H63NO6/c1-5-9-10-11-12-13-14-15-16-17-18-19-20-21-22-23-24-25-26-27-28-35(29(6-2)32(36)37,30(7-3)33(38)39)31(8-4)34(40)41/h19-20,29-31H,5-18,21-28H2,1-4H3,(H2-,36,37,38,39,40,41)/b20-19+. The lowest BCUT2D eigenvalue weighted by Crippen LogP contribution is -2.73. The lowest BCUT2D eigenvalue weighted by Gasteiger charge is -2.51. The summed E-state index contributed by atoms with van der Waals surface area (Å²) >= 11 is 0. The summed E-state index contributed by atoms with van der Waals surface area (Å²) in [5.74, 6) is -3.66. The van der Waals surface area contributed by atoms with Crippen LogP contribution in [-0.4, -0.2) is 57.3 Å². The molecule has 0 aromatic carbocycles. The van der Waals surface area contributed by atoms with Gasteiger partial charge in [0.25, 0.3) is 0 Å². The first-order valence-corrected chi connectivity index (χ1v) is 16.9. The van der Waals surface area contributed by atoms with Gasteiger partial charge in [-0.2, -0.15) is 0 Å². The largest absolute Gasteiger partial charge is 0.544 e. The Kier molecular flexibility index (Phi) is 23.5. The summed E-state index contributed by atoms with van der Waals surface area (Å²) in [5.41, 5.74) is 0. The molecule has 0 aromatic heterocycles. The Bertz CT molecular complexity index is 667. The number of carbonyl (C=O) groups is 3. The fraction of sp³-hybridized carbons (Fsp3) is 0.853. The Balaban J connectivity index is 4.47. The highest BCUT2D eigenvalue weighted by Gasteiger charge is 2.53. The van der Waals surface area contributed by atoms with E-state index >= 15 is 0 Å². The number of carboxylic acids is 3. The Labute approximate surface area is 251 Å². The van der Waals surface area contributed by atoms with Crippen LogP contribution in [0.15, 0.2) is 12.2 Å². The van der Waals surface area contributed by atoms with Gasteiger partial charge in [-0.1, -0.05) is 117 Å². The first kappa shape index (κ1) is 39.1. The molecule has 0 radical (unpaired) electrons. The maximum absolute atomic E-state index is 12.2. The molecule has 0 rings (SSSR count). The highest BCUT2D eigenvalue weighted by atomic mass is 16.4. The van der Waals surface area contributed by atoms with Crippen molar-refractivity contribution in [3.63, 3.8) is 0 Å². The number of hydrogen-bond donors (Lipinski definition) is 2. The van der Waals surface area contributed by atoms with Gasteiger partial charge < -0.3 is 20.1 Å². The fourth-order valence-corrected chi connectivity index (χ4v) is 6.60. The van der Waals surface area contributed by atoms with Crippen molar-refractivity contribution in [2.75, 3.05) is 6.54 Å². The Hall–Kier alpha value is -1.89. The van der Waals surface area contributed by atoms with Gasteiger partial charge in [0.2, 0.25) is 0 Å². The van der Waals surface area contributed by atoms with Gasteiger partial charge in [0.05, 0.1) is 12.5 Å². The molecule has 0 fully saturated rings. The van der Waals surface area contributed by atoms with E-state index < -0.39 is 40.5 Å². The van der Waals surface area contributed by atoms with Gasteiger partial charge in [-0.25, -0.2) is 9.59 Å². The van der Waals surface area contributed by atoms with Crippen LogP contribution in [0.1, 0.15) is 163 Å². The lowest BCUT2D eigenvalue weighted by atomic mass is 9.93. The minimum absolute atomic E-state index is 0.128. The van der Waals surface area contributed by atoms with Crippen LogP contribution in [0.25, 0.3) is 0 Å². The SMILES string of the molecule is CCCCCCCCCCCC/C=C/CCCCCCCC[N+](C(CC)C(=O)[O-])(C(CC)C(=O)O)C(CC)C(=O)O. The van der Waals surface area contributed by atoms with Gasteiger partial charge in [-0.3, -0.25) is 4.48 Å². The van der Waals surface area contributed by atoms with Crippen LogP contribution in [0.2, 0.25) is 0 Å². The number of unbranched alkanes of at least 4 members (excludes halogenated alkanes) is 16. The van der Waals surface area contributed by atoms with E-state index in [9.17, 15) is 29.7 Å². The van der Waals surface area contributed by atoms with Crippen LogP contribution < -0.4 is 5.11 Å². The molecule has 0 aliphatic rings. The molecule has 0 heterocycles. The number of carboxylic acid groups (broad SMARTS) is 3. The summed E-state index contributed by atoms with van der Waals surface area (Å²) in [6.45, 7) is 7.52. The van der Waals surface area contributed by atoms with Crippen molar-refractivity contribution in [2.45, 2.75) is 181 Å². The average molecular weight is 582 g/mol. The molecule has 3 atom stereocenters. The van der Waals surface area contributed by atoms with Crippen molar-refractivity contribution in [1.29, 1.82) is 0 Å². The van der Waals surface area contributed by atoms with Crippen LogP contribution in [0, 0.1) is 0 Å². The van der Waals surface area contributed by atoms with Crippen molar-refractivity contribution in [3.8, 4) is 0 Å². The van der Waals surface area contributed by atoms with Crippen molar-refractivity contribution in [3.05, 3.63) is 12.2 Å². The second kappa shape index (κ2) is 24.7. The second-order valence-electron chi connectivity index (χ2n) is 11.8. The van der Waals surface area contributed by atoms with E-state index in [1.54, 1.807) is 20.8 Å². The molecule has 3 unspecified atom stereocenters. The highest BCUT2D eigenvalue weighted by Crippen LogP contribution is 2.32. The van der Waals surface area contributed by atoms with Crippen LogP contribution in [0.4, 0.5) is 0 Å². The number of hydrogen-bond acceptors (Lipinski definition) is 4. The smallest absolute Gasteiger partial charge is 0.362 e. The quantitative estimate of drug-likeness (QED) is 0.0532. The number of carbonyl (C=O) groups excluding carboxylic acids is 1. The molecular formula is C34H63NO6. The molecule has 240 valence electrons. The summed E-state index contributed by atoms with van der Waals surface area (Å²) in [6, 6.07) is -3.39.